The first-order chi connectivity index (χ1) is 16.3. The summed E-state index contributed by atoms with van der Waals surface area (Å²) < 4.78 is 5.10. The minimum Gasteiger partial charge on any atom is -0.496 e. The molecule has 0 saturated carbocycles. The number of carbonyl (C=O) groups is 2. The number of nitrogens with zero attached hydrogens (tertiary/aromatic N) is 4. The minimum atomic E-state index is -0.931. The summed E-state index contributed by atoms with van der Waals surface area (Å²) in [6.07, 6.45) is 0.935. The maximum Gasteiger partial charge on any atom is 0.356 e. The van der Waals surface area contributed by atoms with Gasteiger partial charge in [0.2, 0.25) is 11.6 Å². The van der Waals surface area contributed by atoms with E-state index in [0.29, 0.717) is 0 Å². The van der Waals surface area contributed by atoms with E-state index in [2.05, 4.69) is 31.7 Å². The first-order valence-electron chi connectivity index (χ1n) is 9.32. The first-order valence-corrected chi connectivity index (χ1v) is 9.32. The number of aromatic nitrogens is 2. The normalized spacial score (nSPS) is 10.0. The van der Waals surface area contributed by atoms with Crippen LogP contribution in [0.4, 0.5) is 23.0 Å². The highest BCUT2D eigenvalue weighted by molar-refractivity contribution is 5.99. The molecule has 2 aromatic carbocycles. The van der Waals surface area contributed by atoms with Crippen LogP contribution < -0.4 is 26.4 Å². The predicted molar refractivity (Wildman–Crippen MR) is 117 cm³/mol. The molecule has 34 heavy (non-hydrogen) atoms. The number of rotatable bonds is 9. The molecule has 0 radical (unpaired) electrons. The van der Waals surface area contributed by atoms with Gasteiger partial charge >= 0.3 is 5.69 Å². The molecule has 15 heteroatoms. The van der Waals surface area contributed by atoms with E-state index in [1.165, 1.54) is 31.4 Å². The lowest BCUT2D eigenvalue weighted by Gasteiger charge is -2.12. The van der Waals surface area contributed by atoms with Crippen LogP contribution in [0.5, 0.6) is 5.75 Å². The van der Waals surface area contributed by atoms with Gasteiger partial charge in [0.15, 0.2) is 0 Å². The molecule has 3 aromatic rings. The zero-order valence-corrected chi connectivity index (χ0v) is 17.3. The number of ether oxygens (including phenoxy) is 1. The number of benzene rings is 2. The summed E-state index contributed by atoms with van der Waals surface area (Å²) in [7, 11) is 1.38. The van der Waals surface area contributed by atoms with Gasteiger partial charge in [0.1, 0.15) is 17.6 Å². The molecule has 0 bridgehead atoms. The van der Waals surface area contributed by atoms with Gasteiger partial charge in [-0.2, -0.15) is 0 Å². The van der Waals surface area contributed by atoms with Crippen molar-refractivity contribution in [3.05, 3.63) is 86.2 Å². The van der Waals surface area contributed by atoms with Gasteiger partial charge in [-0.25, -0.2) is 9.97 Å². The predicted octanol–water partition coefficient (Wildman–Crippen LogP) is 1.82. The van der Waals surface area contributed by atoms with Crippen LogP contribution in [0.2, 0.25) is 0 Å². The average molecular weight is 468 g/mol. The van der Waals surface area contributed by atoms with E-state index in [9.17, 15) is 29.8 Å². The zero-order chi connectivity index (χ0) is 24.7. The fourth-order valence-corrected chi connectivity index (χ4v) is 2.76. The van der Waals surface area contributed by atoms with Crippen molar-refractivity contribution >= 4 is 34.8 Å². The second-order valence-corrected chi connectivity index (χ2v) is 6.31. The standard InChI is InChI=1S/C19H16N8O7/c1-34-14-9-5-3-7-12(14)19(29)25-23-17-15(27(32)33)16(20-10-21-17)22-24-18(28)11-6-2-4-8-13(11)26(30)31/h2-10H,1H3,(H,24,28)(H,25,29)(H2,20,21,22,23). The van der Waals surface area contributed by atoms with Crippen molar-refractivity contribution in [3.63, 3.8) is 0 Å². The lowest BCUT2D eigenvalue weighted by atomic mass is 10.2. The highest BCUT2D eigenvalue weighted by Crippen LogP contribution is 2.28. The smallest absolute Gasteiger partial charge is 0.356 e. The summed E-state index contributed by atoms with van der Waals surface area (Å²) in [4.78, 5) is 53.4. The van der Waals surface area contributed by atoms with Gasteiger partial charge in [0, 0.05) is 6.07 Å². The Balaban J connectivity index is 1.78. The Morgan fingerprint density at radius 3 is 1.91 bits per heavy atom. The van der Waals surface area contributed by atoms with Crippen LogP contribution in [-0.2, 0) is 0 Å². The average Bonchev–Trinajstić information content (AvgIpc) is 2.85. The zero-order valence-electron chi connectivity index (χ0n) is 17.3. The van der Waals surface area contributed by atoms with Gasteiger partial charge in [-0.3, -0.25) is 51.5 Å². The van der Waals surface area contributed by atoms with Gasteiger partial charge in [-0.05, 0) is 18.2 Å². The topological polar surface area (TPSA) is 204 Å². The molecule has 2 amide bonds. The monoisotopic (exact) mass is 468 g/mol. The van der Waals surface area contributed by atoms with E-state index in [1.807, 2.05) is 0 Å². The molecule has 4 N–H and O–H groups in total. The van der Waals surface area contributed by atoms with Crippen molar-refractivity contribution in [1.82, 2.24) is 20.8 Å². The molecule has 0 aliphatic rings. The quantitative estimate of drug-likeness (QED) is 0.263. The molecule has 0 saturated heterocycles. The Morgan fingerprint density at radius 1 is 0.824 bits per heavy atom. The maximum atomic E-state index is 12.4. The first kappa shape index (κ1) is 23.3. The van der Waals surface area contributed by atoms with Crippen LogP contribution in [0.25, 0.3) is 0 Å². The number of amides is 2. The SMILES string of the molecule is COc1ccccc1C(=O)NNc1ncnc(NNC(=O)c2ccccc2[N+](=O)[O-])c1[N+](=O)[O-]. The van der Waals surface area contributed by atoms with Crippen molar-refractivity contribution in [2.75, 3.05) is 18.0 Å². The van der Waals surface area contributed by atoms with Crippen LogP contribution in [0.3, 0.4) is 0 Å². The van der Waals surface area contributed by atoms with Crippen LogP contribution in [0, 0.1) is 20.2 Å². The van der Waals surface area contributed by atoms with E-state index < -0.39 is 44.7 Å². The molecule has 0 spiro atoms. The van der Waals surface area contributed by atoms with Crippen LogP contribution in [0.1, 0.15) is 20.7 Å². The van der Waals surface area contributed by atoms with Crippen molar-refractivity contribution in [2.45, 2.75) is 0 Å². The number of methoxy groups -OCH3 is 1. The van der Waals surface area contributed by atoms with Crippen LogP contribution in [0.15, 0.2) is 54.9 Å². The largest absolute Gasteiger partial charge is 0.496 e. The van der Waals surface area contributed by atoms with E-state index in [1.54, 1.807) is 18.2 Å². The van der Waals surface area contributed by atoms with E-state index in [-0.39, 0.29) is 16.9 Å². The summed E-state index contributed by atoms with van der Waals surface area (Å²) >= 11 is 0. The molecule has 1 heterocycles. The lowest BCUT2D eigenvalue weighted by Crippen LogP contribution is -2.32. The van der Waals surface area contributed by atoms with Gasteiger partial charge in [0.25, 0.3) is 17.5 Å². The molecule has 1 aromatic heterocycles. The van der Waals surface area contributed by atoms with Gasteiger partial charge in [0.05, 0.1) is 22.5 Å². The van der Waals surface area contributed by atoms with E-state index in [0.717, 1.165) is 12.4 Å². The van der Waals surface area contributed by atoms with Crippen LogP contribution >= 0.6 is 0 Å². The Kier molecular flexibility index (Phi) is 7.08. The number of nitro benzene ring substituents is 1. The second kappa shape index (κ2) is 10.3. The summed E-state index contributed by atoms with van der Waals surface area (Å²) in [6.45, 7) is 0. The summed E-state index contributed by atoms with van der Waals surface area (Å²) in [6, 6.07) is 11.5. The highest BCUT2D eigenvalue weighted by Gasteiger charge is 2.25. The highest BCUT2D eigenvalue weighted by atomic mass is 16.6. The third kappa shape index (κ3) is 5.10. The molecule has 0 fully saturated rings. The Bertz CT molecular complexity index is 1270. The van der Waals surface area contributed by atoms with Gasteiger partial charge in [-0.15, -0.1) is 0 Å². The number of para-hydroxylation sites is 2. The minimum absolute atomic E-state index is 0.157. The third-order valence-electron chi connectivity index (χ3n) is 4.29. The van der Waals surface area contributed by atoms with Crippen molar-refractivity contribution in [3.8, 4) is 5.75 Å². The Labute approximate surface area is 190 Å². The number of carbonyl (C=O) groups excluding carboxylic acids is 2. The van der Waals surface area contributed by atoms with Gasteiger partial charge < -0.3 is 4.74 Å². The summed E-state index contributed by atoms with van der Waals surface area (Å²) in [5.74, 6) is -2.16. The molecule has 174 valence electrons. The number of hydrogen-bond acceptors (Lipinski definition) is 11. The molecule has 15 nitrogen and oxygen atoms in total. The summed E-state index contributed by atoms with van der Waals surface area (Å²) in [5, 5.41) is 22.7. The van der Waals surface area contributed by atoms with Crippen molar-refractivity contribution < 1.29 is 24.2 Å². The van der Waals surface area contributed by atoms with E-state index in [4.69, 9.17) is 4.74 Å². The summed E-state index contributed by atoms with van der Waals surface area (Å²) in [5.41, 5.74) is 7.68. The van der Waals surface area contributed by atoms with Crippen molar-refractivity contribution in [2.24, 2.45) is 0 Å². The second-order valence-electron chi connectivity index (χ2n) is 6.31. The number of hydrazine groups is 2. The maximum absolute atomic E-state index is 12.4. The number of nitro groups is 2. The molecular formula is C19H16N8O7. The fourth-order valence-electron chi connectivity index (χ4n) is 2.76. The molecule has 0 unspecified atom stereocenters. The Hall–Kier alpha value is -5.34. The number of nitrogens with one attached hydrogen (secondary N) is 4. The molecule has 0 aliphatic heterocycles. The molecule has 0 aliphatic carbocycles. The fraction of sp³-hybridized carbons (Fsp3) is 0.0526. The van der Waals surface area contributed by atoms with Crippen LogP contribution in [-0.4, -0.2) is 38.7 Å². The Morgan fingerprint density at radius 2 is 1.35 bits per heavy atom. The number of anilines is 2. The van der Waals surface area contributed by atoms with Gasteiger partial charge in [-0.1, -0.05) is 24.3 Å². The molecule has 0 atom stereocenters. The van der Waals surface area contributed by atoms with E-state index >= 15 is 0 Å². The van der Waals surface area contributed by atoms with Crippen molar-refractivity contribution in [1.29, 1.82) is 0 Å². The number of hydrogen-bond donors (Lipinski definition) is 4. The molecular weight excluding hydrogens is 452 g/mol. The molecule has 3 rings (SSSR count). The lowest BCUT2D eigenvalue weighted by molar-refractivity contribution is -0.385. The third-order valence-corrected chi connectivity index (χ3v) is 4.29.